The number of nitriles is 1. The highest BCUT2D eigenvalue weighted by Gasteiger charge is 2.58. The second-order valence-electron chi connectivity index (χ2n) is 10.4. The lowest BCUT2D eigenvalue weighted by Gasteiger charge is -2.37. The molecule has 188 valence electrons. The van der Waals surface area contributed by atoms with Gasteiger partial charge in [0.2, 0.25) is 0 Å². The van der Waals surface area contributed by atoms with Gasteiger partial charge in [0.25, 0.3) is 5.69 Å². The fourth-order valence-corrected chi connectivity index (χ4v) is 6.15. The third-order valence-electron chi connectivity index (χ3n) is 8.19. The number of aliphatic hydroxyl groups excluding tert-OH is 1. The lowest BCUT2D eigenvalue weighted by Crippen LogP contribution is -2.48. The van der Waals surface area contributed by atoms with E-state index in [-0.39, 0.29) is 29.3 Å². The molecule has 1 aliphatic heterocycles. The minimum Gasteiger partial charge on any atom is -0.392 e. The second-order valence-corrected chi connectivity index (χ2v) is 10.4. The van der Waals surface area contributed by atoms with E-state index in [0.717, 1.165) is 38.6 Å². The van der Waals surface area contributed by atoms with Crippen LogP contribution in [0, 0.1) is 27.4 Å². The molecule has 0 spiro atoms. The number of nitro groups is 1. The Morgan fingerprint density at radius 2 is 2.11 bits per heavy atom. The molecule has 2 amide bonds. The second kappa shape index (κ2) is 9.88. The molecule has 3 aliphatic rings. The van der Waals surface area contributed by atoms with Gasteiger partial charge in [-0.3, -0.25) is 15.0 Å². The number of anilines is 1. The number of nitrogens with zero attached hydrogens (tertiary/aromatic N) is 4. The van der Waals surface area contributed by atoms with Crippen LogP contribution in [0.1, 0.15) is 43.2 Å². The Morgan fingerprint density at radius 3 is 2.83 bits per heavy atom. The molecule has 0 radical (unpaired) electrons. The number of urea groups is 1. The van der Waals surface area contributed by atoms with Crippen LogP contribution < -0.4 is 5.32 Å². The average molecular weight is 490 g/mol. The van der Waals surface area contributed by atoms with Gasteiger partial charge in [0, 0.05) is 50.0 Å². The zero-order valence-electron chi connectivity index (χ0n) is 20.2. The van der Waals surface area contributed by atoms with Crippen molar-refractivity contribution < 1.29 is 14.8 Å². The van der Waals surface area contributed by atoms with Crippen molar-refractivity contribution in [1.82, 2.24) is 9.80 Å². The molecule has 1 saturated heterocycles. The van der Waals surface area contributed by atoms with E-state index in [1.165, 1.54) is 17.7 Å². The number of nitrogens with one attached hydrogen (secondary N) is 1. The van der Waals surface area contributed by atoms with Gasteiger partial charge in [-0.05, 0) is 67.2 Å². The zero-order valence-corrected chi connectivity index (χ0v) is 20.2. The number of benzene rings is 2. The van der Waals surface area contributed by atoms with E-state index >= 15 is 0 Å². The van der Waals surface area contributed by atoms with E-state index in [1.54, 1.807) is 12.1 Å². The Kier molecular flexibility index (Phi) is 6.65. The highest BCUT2D eigenvalue weighted by molar-refractivity contribution is 5.90. The van der Waals surface area contributed by atoms with Crippen LogP contribution in [0.5, 0.6) is 0 Å². The number of rotatable bonds is 7. The maximum atomic E-state index is 13.5. The highest BCUT2D eigenvalue weighted by atomic mass is 16.6. The number of hydrogen-bond acceptors (Lipinski definition) is 6. The predicted octanol–water partition coefficient (Wildman–Crippen LogP) is 3.88. The number of amides is 2. The Labute approximate surface area is 210 Å². The minimum atomic E-state index is -0.471. The molecule has 1 unspecified atom stereocenters. The number of likely N-dealkylation sites (tertiary alicyclic amines) is 1. The van der Waals surface area contributed by atoms with Gasteiger partial charge in [-0.1, -0.05) is 18.2 Å². The van der Waals surface area contributed by atoms with E-state index in [4.69, 9.17) is 0 Å². The van der Waals surface area contributed by atoms with Crippen LogP contribution in [-0.2, 0) is 5.41 Å². The van der Waals surface area contributed by atoms with Gasteiger partial charge in [0.15, 0.2) is 0 Å². The van der Waals surface area contributed by atoms with E-state index in [2.05, 4.69) is 22.4 Å². The summed E-state index contributed by atoms with van der Waals surface area (Å²) in [5, 5.41) is 33.2. The molecule has 2 aromatic carbocycles. The van der Waals surface area contributed by atoms with Crippen molar-refractivity contribution in [3.05, 3.63) is 69.8 Å². The number of non-ortho nitro benzene ring substituents is 1. The molecule has 2 aromatic rings. The normalized spacial score (nSPS) is 27.1. The van der Waals surface area contributed by atoms with E-state index in [1.807, 2.05) is 23.1 Å². The number of carbonyl (C=O) groups excluding carboxylic acids is 1. The Morgan fingerprint density at radius 1 is 1.28 bits per heavy atom. The summed E-state index contributed by atoms with van der Waals surface area (Å²) in [5.41, 5.74) is 2.35. The first kappa shape index (κ1) is 24.2. The van der Waals surface area contributed by atoms with Crippen molar-refractivity contribution in [2.24, 2.45) is 5.92 Å². The van der Waals surface area contributed by atoms with Gasteiger partial charge in [-0.25, -0.2) is 4.79 Å². The van der Waals surface area contributed by atoms with Crippen LogP contribution >= 0.6 is 0 Å². The predicted molar refractivity (Wildman–Crippen MR) is 134 cm³/mol. The lowest BCUT2D eigenvalue weighted by molar-refractivity contribution is -0.384. The SMILES string of the molecule is N#Cc1cccc([C@]23CC[C@@H](N(CCN4CC[C@@H](O)C4)C(=O)Nc4cccc([N+](=O)[O-])c4)CC2C3)c1. The van der Waals surface area contributed by atoms with Gasteiger partial charge < -0.3 is 15.3 Å². The third kappa shape index (κ3) is 4.92. The topological polar surface area (TPSA) is 123 Å². The average Bonchev–Trinajstić information content (AvgIpc) is 3.49. The van der Waals surface area contributed by atoms with Crippen molar-refractivity contribution in [3.63, 3.8) is 0 Å². The largest absolute Gasteiger partial charge is 0.392 e. The third-order valence-corrected chi connectivity index (χ3v) is 8.19. The smallest absolute Gasteiger partial charge is 0.322 e. The van der Waals surface area contributed by atoms with Gasteiger partial charge in [-0.2, -0.15) is 5.26 Å². The van der Waals surface area contributed by atoms with Crippen molar-refractivity contribution in [2.45, 2.75) is 49.7 Å². The molecule has 2 aliphatic carbocycles. The van der Waals surface area contributed by atoms with Gasteiger partial charge in [-0.15, -0.1) is 0 Å². The summed E-state index contributed by atoms with van der Waals surface area (Å²) in [7, 11) is 0. The number of nitro benzene ring substituents is 1. The van der Waals surface area contributed by atoms with Crippen molar-refractivity contribution in [2.75, 3.05) is 31.5 Å². The fourth-order valence-electron chi connectivity index (χ4n) is 6.15. The molecule has 2 N–H and O–H groups in total. The van der Waals surface area contributed by atoms with Crippen LogP contribution in [0.25, 0.3) is 0 Å². The number of carbonyl (C=O) groups is 1. The Bertz CT molecular complexity index is 1200. The fraction of sp³-hybridized carbons (Fsp3) is 0.481. The molecule has 0 bridgehead atoms. The Hall–Kier alpha value is -3.48. The van der Waals surface area contributed by atoms with Gasteiger partial charge in [0.05, 0.1) is 22.7 Å². The molecule has 3 fully saturated rings. The molecule has 2 saturated carbocycles. The summed E-state index contributed by atoms with van der Waals surface area (Å²) < 4.78 is 0. The first-order chi connectivity index (χ1) is 17.4. The molecular weight excluding hydrogens is 458 g/mol. The summed E-state index contributed by atoms with van der Waals surface area (Å²) in [6, 6.07) is 16.0. The quantitative estimate of drug-likeness (QED) is 0.450. The number of aliphatic hydroxyl groups is 1. The summed E-state index contributed by atoms with van der Waals surface area (Å²) in [6.07, 6.45) is 4.20. The molecule has 4 atom stereocenters. The standard InChI is InChI=1S/C27H31N5O4/c28-17-19-3-1-4-20(13-19)27-9-7-23(14-21(27)16-27)31(12-11-30-10-8-25(33)18-30)26(34)29-22-5-2-6-24(15-22)32(35)36/h1-6,13,15,21,23,25,33H,7-12,14,16,18H2,(H,29,34)/t21?,23-,25-,27-/m1/s1. The van der Waals surface area contributed by atoms with Crippen molar-refractivity contribution in [3.8, 4) is 6.07 Å². The Balaban J connectivity index is 1.30. The summed E-state index contributed by atoms with van der Waals surface area (Å²) in [6.45, 7) is 2.64. The van der Waals surface area contributed by atoms with Crippen molar-refractivity contribution in [1.29, 1.82) is 5.26 Å². The monoisotopic (exact) mass is 489 g/mol. The van der Waals surface area contributed by atoms with E-state index in [9.17, 15) is 25.3 Å². The molecule has 1 heterocycles. The first-order valence-corrected chi connectivity index (χ1v) is 12.6. The van der Waals surface area contributed by atoms with Crippen LogP contribution in [0.15, 0.2) is 48.5 Å². The van der Waals surface area contributed by atoms with Gasteiger partial charge in [0.1, 0.15) is 0 Å². The number of fused-ring (bicyclic) bond motifs is 1. The number of hydrogen-bond donors (Lipinski definition) is 2. The minimum absolute atomic E-state index is 0.0644. The first-order valence-electron chi connectivity index (χ1n) is 12.6. The molecular formula is C27H31N5O4. The molecule has 0 aromatic heterocycles. The molecule has 36 heavy (non-hydrogen) atoms. The summed E-state index contributed by atoms with van der Waals surface area (Å²) in [4.78, 5) is 28.2. The van der Waals surface area contributed by atoms with Crippen LogP contribution in [0.3, 0.4) is 0 Å². The summed E-state index contributed by atoms with van der Waals surface area (Å²) in [5.74, 6) is 0.465. The van der Waals surface area contributed by atoms with Crippen LogP contribution in [-0.4, -0.2) is 64.2 Å². The van der Waals surface area contributed by atoms with Crippen LogP contribution in [0.4, 0.5) is 16.2 Å². The molecule has 9 heteroatoms. The molecule has 9 nitrogen and oxygen atoms in total. The lowest BCUT2D eigenvalue weighted by atomic mass is 9.80. The van der Waals surface area contributed by atoms with Crippen molar-refractivity contribution >= 4 is 17.4 Å². The van der Waals surface area contributed by atoms with E-state index in [0.29, 0.717) is 36.8 Å². The maximum absolute atomic E-state index is 13.5. The molecule has 5 rings (SSSR count). The number of β-amino-alcohol motifs (C(OH)–C–C–N with tert-alkyl or cyclic N) is 1. The maximum Gasteiger partial charge on any atom is 0.322 e. The zero-order chi connectivity index (χ0) is 25.3. The summed E-state index contributed by atoms with van der Waals surface area (Å²) >= 11 is 0. The van der Waals surface area contributed by atoms with E-state index < -0.39 is 4.92 Å². The highest BCUT2D eigenvalue weighted by Crippen LogP contribution is 2.62. The van der Waals surface area contributed by atoms with Crippen LogP contribution in [0.2, 0.25) is 0 Å². The van der Waals surface area contributed by atoms with Gasteiger partial charge >= 0.3 is 6.03 Å².